The zero-order valence-electron chi connectivity index (χ0n) is 9.89. The number of rotatable bonds is 6. The van der Waals surface area contributed by atoms with E-state index in [2.05, 4.69) is 19.2 Å². The van der Waals surface area contributed by atoms with Crippen LogP contribution < -0.4 is 5.32 Å². The van der Waals surface area contributed by atoms with Crippen LogP contribution in [0.1, 0.15) is 25.8 Å². The van der Waals surface area contributed by atoms with Crippen molar-refractivity contribution < 1.29 is 0 Å². The van der Waals surface area contributed by atoms with Crippen LogP contribution in [0.3, 0.4) is 0 Å². The molecule has 1 rings (SSSR count). The average Bonchev–Trinajstić information content (AvgIpc) is 2.28. The van der Waals surface area contributed by atoms with E-state index in [1.54, 1.807) is 0 Å². The lowest BCUT2D eigenvalue weighted by molar-refractivity contribution is 0.467. The third-order valence-corrected chi connectivity index (χ3v) is 3.38. The molecule has 1 nitrogen and oxygen atoms in total. The van der Waals surface area contributed by atoms with Crippen LogP contribution in [0.5, 0.6) is 0 Å². The fourth-order valence-corrected chi connectivity index (χ4v) is 2.11. The predicted molar refractivity (Wildman–Crippen MR) is 72.5 cm³/mol. The first-order valence-electron chi connectivity index (χ1n) is 5.82. The molecule has 90 valence electrons. The maximum atomic E-state index is 6.15. The molecule has 0 bridgehead atoms. The van der Waals surface area contributed by atoms with Gasteiger partial charge in [-0.15, -0.1) is 0 Å². The van der Waals surface area contributed by atoms with Crippen molar-refractivity contribution in [2.45, 2.75) is 26.7 Å². The highest BCUT2D eigenvalue weighted by atomic mass is 35.5. The minimum absolute atomic E-state index is 0.621. The highest BCUT2D eigenvalue weighted by molar-refractivity contribution is 6.33. The van der Waals surface area contributed by atoms with E-state index in [1.165, 1.54) is 0 Å². The van der Waals surface area contributed by atoms with Gasteiger partial charge in [-0.25, -0.2) is 0 Å². The summed E-state index contributed by atoms with van der Waals surface area (Å²) in [6.07, 6.45) is 2.14. The molecule has 0 heterocycles. The molecular weight excluding hydrogens is 241 g/mol. The Morgan fingerprint density at radius 1 is 1.25 bits per heavy atom. The van der Waals surface area contributed by atoms with Crippen LogP contribution >= 0.6 is 23.2 Å². The highest BCUT2D eigenvalue weighted by Crippen LogP contribution is 2.24. The van der Waals surface area contributed by atoms with E-state index in [9.17, 15) is 0 Å². The largest absolute Gasteiger partial charge is 0.317 e. The Kier molecular flexibility index (Phi) is 6.18. The average molecular weight is 260 g/mol. The third-order valence-electron chi connectivity index (χ3n) is 2.78. The zero-order valence-corrected chi connectivity index (χ0v) is 11.4. The molecule has 16 heavy (non-hydrogen) atoms. The van der Waals surface area contributed by atoms with Crippen molar-refractivity contribution >= 4 is 23.2 Å². The molecule has 1 unspecified atom stereocenters. The summed E-state index contributed by atoms with van der Waals surface area (Å²) in [6.45, 7) is 6.38. The van der Waals surface area contributed by atoms with Gasteiger partial charge < -0.3 is 5.32 Å². The van der Waals surface area contributed by atoms with Crippen molar-refractivity contribution in [3.05, 3.63) is 33.8 Å². The van der Waals surface area contributed by atoms with Gasteiger partial charge in [0.05, 0.1) is 0 Å². The van der Waals surface area contributed by atoms with Crippen LogP contribution in [0.4, 0.5) is 0 Å². The molecule has 0 aliphatic carbocycles. The van der Waals surface area contributed by atoms with Crippen LogP contribution in [0, 0.1) is 5.92 Å². The molecule has 0 aliphatic rings. The van der Waals surface area contributed by atoms with Gasteiger partial charge in [-0.1, -0.05) is 43.5 Å². The SMILES string of the molecule is CCNCC(CC)Cc1cc(Cl)ccc1Cl. The molecule has 0 spiro atoms. The molecule has 3 heteroatoms. The molecule has 0 fully saturated rings. The normalized spacial score (nSPS) is 12.8. The topological polar surface area (TPSA) is 12.0 Å². The lowest BCUT2D eigenvalue weighted by Crippen LogP contribution is -2.23. The van der Waals surface area contributed by atoms with Crippen LogP contribution in [0.2, 0.25) is 10.0 Å². The van der Waals surface area contributed by atoms with Crippen LogP contribution in [0.15, 0.2) is 18.2 Å². The minimum atomic E-state index is 0.621. The Morgan fingerprint density at radius 2 is 2.00 bits per heavy atom. The quantitative estimate of drug-likeness (QED) is 0.809. The van der Waals surface area contributed by atoms with E-state index >= 15 is 0 Å². The monoisotopic (exact) mass is 259 g/mol. The van der Waals surface area contributed by atoms with Crippen molar-refractivity contribution in [3.63, 3.8) is 0 Å². The van der Waals surface area contributed by atoms with Crippen molar-refractivity contribution in [1.29, 1.82) is 0 Å². The lowest BCUT2D eigenvalue weighted by Gasteiger charge is -2.16. The van der Waals surface area contributed by atoms with Crippen LogP contribution in [0.25, 0.3) is 0 Å². The molecular formula is C13H19Cl2N. The molecule has 0 radical (unpaired) electrons. The number of nitrogens with one attached hydrogen (secondary N) is 1. The fraction of sp³-hybridized carbons (Fsp3) is 0.538. The summed E-state index contributed by atoms with van der Waals surface area (Å²) in [6, 6.07) is 5.68. The molecule has 0 amide bonds. The van der Waals surface area contributed by atoms with E-state index in [4.69, 9.17) is 23.2 Å². The van der Waals surface area contributed by atoms with Gasteiger partial charge in [0.15, 0.2) is 0 Å². The summed E-state index contributed by atoms with van der Waals surface area (Å²) in [7, 11) is 0. The first-order valence-corrected chi connectivity index (χ1v) is 6.57. The summed E-state index contributed by atoms with van der Waals surface area (Å²) < 4.78 is 0. The Hall–Kier alpha value is -0.240. The summed E-state index contributed by atoms with van der Waals surface area (Å²) in [5, 5.41) is 4.96. The molecule has 0 aromatic heterocycles. The fourth-order valence-electron chi connectivity index (χ4n) is 1.72. The first-order chi connectivity index (χ1) is 7.67. The second-order valence-corrected chi connectivity index (χ2v) is 4.87. The Morgan fingerprint density at radius 3 is 2.62 bits per heavy atom. The van der Waals surface area contributed by atoms with E-state index in [-0.39, 0.29) is 0 Å². The number of hydrogen-bond donors (Lipinski definition) is 1. The number of benzene rings is 1. The van der Waals surface area contributed by atoms with Gasteiger partial charge in [-0.3, -0.25) is 0 Å². The van der Waals surface area contributed by atoms with Crippen molar-refractivity contribution in [3.8, 4) is 0 Å². The van der Waals surface area contributed by atoms with E-state index in [0.29, 0.717) is 5.92 Å². The van der Waals surface area contributed by atoms with Gasteiger partial charge in [-0.05, 0) is 49.2 Å². The maximum Gasteiger partial charge on any atom is 0.0439 e. The van der Waals surface area contributed by atoms with Crippen molar-refractivity contribution in [2.75, 3.05) is 13.1 Å². The third kappa shape index (κ3) is 4.32. The Labute approximate surface area is 108 Å². The number of hydrogen-bond acceptors (Lipinski definition) is 1. The molecule has 1 aromatic carbocycles. The maximum absolute atomic E-state index is 6.15. The minimum Gasteiger partial charge on any atom is -0.317 e. The molecule has 1 atom stereocenters. The first kappa shape index (κ1) is 13.8. The van der Waals surface area contributed by atoms with E-state index in [0.717, 1.165) is 41.5 Å². The summed E-state index contributed by atoms with van der Waals surface area (Å²) in [5.41, 5.74) is 1.15. The molecule has 1 aromatic rings. The van der Waals surface area contributed by atoms with Crippen LogP contribution in [-0.4, -0.2) is 13.1 Å². The van der Waals surface area contributed by atoms with E-state index < -0.39 is 0 Å². The predicted octanol–water partition coefficient (Wildman–Crippen LogP) is 4.17. The van der Waals surface area contributed by atoms with Gasteiger partial charge in [-0.2, -0.15) is 0 Å². The van der Waals surface area contributed by atoms with Crippen LogP contribution in [-0.2, 0) is 6.42 Å². The Balaban J connectivity index is 2.65. The number of halogens is 2. The summed E-state index contributed by atoms with van der Waals surface area (Å²) in [4.78, 5) is 0. The molecule has 0 saturated heterocycles. The molecule has 0 aliphatic heterocycles. The van der Waals surface area contributed by atoms with Gasteiger partial charge in [0.1, 0.15) is 0 Å². The van der Waals surface area contributed by atoms with Crippen molar-refractivity contribution in [1.82, 2.24) is 5.32 Å². The van der Waals surface area contributed by atoms with Gasteiger partial charge in [0, 0.05) is 10.0 Å². The Bertz CT molecular complexity index is 326. The van der Waals surface area contributed by atoms with E-state index in [1.807, 2.05) is 18.2 Å². The zero-order chi connectivity index (χ0) is 12.0. The van der Waals surface area contributed by atoms with Gasteiger partial charge in [0.2, 0.25) is 0 Å². The highest BCUT2D eigenvalue weighted by Gasteiger charge is 2.09. The second kappa shape index (κ2) is 7.16. The van der Waals surface area contributed by atoms with Gasteiger partial charge in [0.25, 0.3) is 0 Å². The van der Waals surface area contributed by atoms with Crippen molar-refractivity contribution in [2.24, 2.45) is 5.92 Å². The van der Waals surface area contributed by atoms with Gasteiger partial charge >= 0.3 is 0 Å². The summed E-state index contributed by atoms with van der Waals surface area (Å²) in [5.74, 6) is 0.621. The molecule has 0 saturated carbocycles. The second-order valence-electron chi connectivity index (χ2n) is 4.02. The molecule has 1 N–H and O–H groups in total. The smallest absolute Gasteiger partial charge is 0.0439 e. The lowest BCUT2D eigenvalue weighted by atomic mass is 9.97. The standard InChI is InChI=1S/C13H19Cl2N/c1-3-10(9-16-4-2)7-11-8-12(14)5-6-13(11)15/h5-6,8,10,16H,3-4,7,9H2,1-2H3. The summed E-state index contributed by atoms with van der Waals surface area (Å²) >= 11 is 12.1.